The molecule has 0 N–H and O–H groups in total. The zero-order chi connectivity index (χ0) is 12.4. The van der Waals surface area contributed by atoms with Crippen molar-refractivity contribution >= 4 is 5.78 Å². The van der Waals surface area contributed by atoms with Gasteiger partial charge in [0, 0.05) is 12.5 Å². The molecule has 1 unspecified atom stereocenters. The second kappa shape index (κ2) is 3.44. The summed E-state index contributed by atoms with van der Waals surface area (Å²) in [5.74, 6) is 1.73. The second-order valence-electron chi connectivity index (χ2n) is 6.49. The number of Topliss-reactive ketones (excluding diaryl/α,β-unsaturated/α-hetero) is 1. The normalized spacial score (nSPS) is 47.8. The van der Waals surface area contributed by atoms with Gasteiger partial charge in [-0.15, -0.1) is 0 Å². The van der Waals surface area contributed by atoms with E-state index >= 15 is 0 Å². The van der Waals surface area contributed by atoms with Gasteiger partial charge in [0.2, 0.25) is 0 Å². The standard InChI is InChI=1S/C15H22O2/c1-8(2)9-7-15(3)10-5-6-11(17-4)13(12(9)10)14(15)16/h10-13H,5-7H2,1-4H3/t10-,11?,12-,13+,15+/m0/s1. The summed E-state index contributed by atoms with van der Waals surface area (Å²) in [6.07, 6.45) is 3.41. The molecule has 3 fully saturated rings. The van der Waals surface area contributed by atoms with Crippen molar-refractivity contribution in [2.75, 3.05) is 7.11 Å². The van der Waals surface area contributed by atoms with Gasteiger partial charge in [-0.25, -0.2) is 0 Å². The first-order valence-corrected chi connectivity index (χ1v) is 6.74. The van der Waals surface area contributed by atoms with E-state index in [9.17, 15) is 4.79 Å². The molecule has 3 aliphatic carbocycles. The third kappa shape index (κ3) is 1.22. The number of allylic oxidation sites excluding steroid dienone is 2. The molecule has 3 rings (SSSR count). The predicted molar refractivity (Wildman–Crippen MR) is 66.6 cm³/mol. The van der Waals surface area contributed by atoms with Crippen LogP contribution in [0.3, 0.4) is 0 Å². The number of ether oxygens (including phenoxy) is 1. The summed E-state index contributed by atoms with van der Waals surface area (Å²) in [4.78, 5) is 12.6. The van der Waals surface area contributed by atoms with Crippen LogP contribution >= 0.6 is 0 Å². The van der Waals surface area contributed by atoms with Crippen LogP contribution in [0.15, 0.2) is 11.1 Å². The summed E-state index contributed by atoms with van der Waals surface area (Å²) >= 11 is 0. The number of methoxy groups -OCH3 is 1. The average molecular weight is 234 g/mol. The van der Waals surface area contributed by atoms with E-state index in [0.29, 0.717) is 17.6 Å². The van der Waals surface area contributed by atoms with Gasteiger partial charge >= 0.3 is 0 Å². The lowest BCUT2D eigenvalue weighted by molar-refractivity contribution is -0.133. The Morgan fingerprint density at radius 3 is 2.59 bits per heavy atom. The van der Waals surface area contributed by atoms with Crippen molar-refractivity contribution in [1.29, 1.82) is 0 Å². The van der Waals surface area contributed by atoms with E-state index in [-0.39, 0.29) is 17.4 Å². The fourth-order valence-electron chi connectivity index (χ4n) is 4.76. The van der Waals surface area contributed by atoms with Crippen molar-refractivity contribution in [3.05, 3.63) is 11.1 Å². The second-order valence-corrected chi connectivity index (χ2v) is 6.49. The average Bonchev–Trinajstić information content (AvgIpc) is 2.68. The third-order valence-electron chi connectivity index (χ3n) is 5.57. The Balaban J connectivity index is 2.10. The molecule has 0 radical (unpaired) electrons. The lowest BCUT2D eigenvalue weighted by Crippen LogP contribution is -2.38. The molecule has 2 heteroatoms. The Bertz CT molecular complexity index is 405. The maximum absolute atomic E-state index is 12.6. The molecule has 0 aromatic rings. The van der Waals surface area contributed by atoms with Crippen LogP contribution in [-0.4, -0.2) is 19.0 Å². The minimum atomic E-state index is -0.0742. The Morgan fingerprint density at radius 1 is 1.29 bits per heavy atom. The zero-order valence-electron chi connectivity index (χ0n) is 11.2. The molecule has 0 spiro atoms. The number of hydrogen-bond acceptors (Lipinski definition) is 2. The third-order valence-corrected chi connectivity index (χ3v) is 5.57. The highest BCUT2D eigenvalue weighted by Crippen LogP contribution is 2.66. The van der Waals surface area contributed by atoms with Gasteiger partial charge in [-0.1, -0.05) is 18.1 Å². The van der Waals surface area contributed by atoms with Crippen LogP contribution in [-0.2, 0) is 9.53 Å². The largest absolute Gasteiger partial charge is 0.381 e. The van der Waals surface area contributed by atoms with Gasteiger partial charge in [-0.3, -0.25) is 4.79 Å². The molecule has 94 valence electrons. The maximum Gasteiger partial charge on any atom is 0.145 e. The van der Waals surface area contributed by atoms with Gasteiger partial charge in [0.15, 0.2) is 0 Å². The topological polar surface area (TPSA) is 26.3 Å². The minimum Gasteiger partial charge on any atom is -0.381 e. The quantitative estimate of drug-likeness (QED) is 0.652. The molecule has 0 aromatic carbocycles. The fraction of sp³-hybridized carbons (Fsp3) is 0.800. The van der Waals surface area contributed by atoms with Gasteiger partial charge in [0.1, 0.15) is 5.78 Å². The van der Waals surface area contributed by atoms with Gasteiger partial charge in [0.05, 0.1) is 12.0 Å². The summed E-state index contributed by atoms with van der Waals surface area (Å²) in [6, 6.07) is 0. The molecule has 2 nitrogen and oxygen atoms in total. The summed E-state index contributed by atoms with van der Waals surface area (Å²) in [7, 11) is 1.76. The SMILES string of the molecule is COC1CC[C@H]2[C@@H]3C(=C(C)C)C[C@@]2(C)C(=O)[C@H]13. The Kier molecular flexibility index (Phi) is 2.32. The zero-order valence-corrected chi connectivity index (χ0v) is 11.2. The van der Waals surface area contributed by atoms with Gasteiger partial charge in [-0.05, 0) is 44.9 Å². The Labute approximate surface area is 103 Å². The molecular formula is C15H22O2. The lowest BCUT2D eigenvalue weighted by Gasteiger charge is -2.34. The van der Waals surface area contributed by atoms with E-state index < -0.39 is 0 Å². The Morgan fingerprint density at radius 2 is 2.00 bits per heavy atom. The Hall–Kier alpha value is -0.630. The molecule has 0 aliphatic heterocycles. The van der Waals surface area contributed by atoms with Crippen LogP contribution in [0.2, 0.25) is 0 Å². The van der Waals surface area contributed by atoms with E-state index in [1.807, 2.05) is 0 Å². The molecule has 0 aromatic heterocycles. The van der Waals surface area contributed by atoms with E-state index in [2.05, 4.69) is 20.8 Å². The number of ketones is 1. The maximum atomic E-state index is 12.6. The molecule has 4 bridgehead atoms. The van der Waals surface area contributed by atoms with Crippen LogP contribution in [0.4, 0.5) is 0 Å². The van der Waals surface area contributed by atoms with E-state index in [1.54, 1.807) is 12.7 Å². The van der Waals surface area contributed by atoms with E-state index in [4.69, 9.17) is 4.74 Å². The number of rotatable bonds is 1. The van der Waals surface area contributed by atoms with Crippen molar-refractivity contribution < 1.29 is 9.53 Å². The van der Waals surface area contributed by atoms with Crippen molar-refractivity contribution in [3.8, 4) is 0 Å². The molecule has 0 saturated heterocycles. The van der Waals surface area contributed by atoms with E-state index in [0.717, 1.165) is 12.8 Å². The van der Waals surface area contributed by atoms with Crippen LogP contribution in [0.25, 0.3) is 0 Å². The first kappa shape index (κ1) is 11.5. The van der Waals surface area contributed by atoms with Crippen LogP contribution in [0.1, 0.15) is 40.0 Å². The van der Waals surface area contributed by atoms with Crippen molar-refractivity contribution in [2.45, 2.75) is 46.1 Å². The van der Waals surface area contributed by atoms with E-state index in [1.165, 1.54) is 12.0 Å². The van der Waals surface area contributed by atoms with Crippen LogP contribution in [0.5, 0.6) is 0 Å². The highest BCUT2D eigenvalue weighted by Gasteiger charge is 2.67. The predicted octanol–water partition coefficient (Wildman–Crippen LogP) is 2.97. The van der Waals surface area contributed by atoms with Crippen molar-refractivity contribution in [1.82, 2.24) is 0 Å². The molecule has 17 heavy (non-hydrogen) atoms. The first-order chi connectivity index (χ1) is 8.00. The van der Waals surface area contributed by atoms with Crippen molar-refractivity contribution in [3.63, 3.8) is 0 Å². The van der Waals surface area contributed by atoms with Crippen molar-refractivity contribution in [2.24, 2.45) is 23.2 Å². The molecule has 3 aliphatic rings. The van der Waals surface area contributed by atoms with Gasteiger partial charge < -0.3 is 4.74 Å². The number of carbonyl (C=O) groups is 1. The molecule has 0 heterocycles. The smallest absolute Gasteiger partial charge is 0.145 e. The van der Waals surface area contributed by atoms with Gasteiger partial charge in [0.25, 0.3) is 0 Å². The molecule has 5 atom stereocenters. The highest BCUT2D eigenvalue weighted by molar-refractivity contribution is 5.93. The fourth-order valence-corrected chi connectivity index (χ4v) is 4.76. The molecule has 3 saturated carbocycles. The minimum absolute atomic E-state index is 0.0742. The van der Waals surface area contributed by atoms with Crippen LogP contribution < -0.4 is 0 Å². The lowest BCUT2D eigenvalue weighted by atomic mass is 9.73. The first-order valence-electron chi connectivity index (χ1n) is 6.74. The van der Waals surface area contributed by atoms with Crippen LogP contribution in [0, 0.1) is 23.2 Å². The van der Waals surface area contributed by atoms with Gasteiger partial charge in [-0.2, -0.15) is 0 Å². The summed E-state index contributed by atoms with van der Waals surface area (Å²) in [5.41, 5.74) is 2.91. The number of hydrogen-bond donors (Lipinski definition) is 0. The summed E-state index contributed by atoms with van der Waals surface area (Å²) in [6.45, 7) is 6.59. The summed E-state index contributed by atoms with van der Waals surface area (Å²) < 4.78 is 5.57. The molecular weight excluding hydrogens is 212 g/mol. The number of carbonyl (C=O) groups excluding carboxylic acids is 1. The monoisotopic (exact) mass is 234 g/mol. The molecule has 0 amide bonds. The summed E-state index contributed by atoms with van der Waals surface area (Å²) in [5, 5.41) is 0. The highest BCUT2D eigenvalue weighted by atomic mass is 16.5.